The Balaban J connectivity index is 1.92. The monoisotopic (exact) mass is 276 g/mol. The van der Waals surface area contributed by atoms with Gasteiger partial charge in [0, 0.05) is 22.8 Å². The van der Waals surface area contributed by atoms with Gasteiger partial charge in [-0.1, -0.05) is 24.3 Å². The smallest absolute Gasteiger partial charge is 0.333 e. The van der Waals surface area contributed by atoms with Gasteiger partial charge in [0.05, 0.1) is 23.3 Å². The van der Waals surface area contributed by atoms with Crippen LogP contribution in [0.1, 0.15) is 5.56 Å². The summed E-state index contributed by atoms with van der Waals surface area (Å²) < 4.78 is 0. The number of rotatable bonds is 1. The van der Waals surface area contributed by atoms with Gasteiger partial charge < -0.3 is 10.0 Å². The zero-order valence-corrected chi connectivity index (χ0v) is 11.2. The highest BCUT2D eigenvalue weighted by molar-refractivity contribution is 5.97. The second kappa shape index (κ2) is 4.31. The molecule has 0 aliphatic carbocycles. The largest absolute Gasteiger partial charge is 0.478 e. The molecule has 4 rings (SSSR count). The van der Waals surface area contributed by atoms with Crippen molar-refractivity contribution in [2.24, 2.45) is 0 Å². The molecule has 3 heterocycles. The molecular weight excluding hydrogens is 264 g/mol. The number of hydrogen-bond acceptors (Lipinski definition) is 3. The molecule has 2 aliphatic heterocycles. The molecule has 4 nitrogen and oxygen atoms in total. The summed E-state index contributed by atoms with van der Waals surface area (Å²) >= 11 is 0. The summed E-state index contributed by atoms with van der Waals surface area (Å²) in [5.41, 5.74) is 4.26. The van der Waals surface area contributed by atoms with Gasteiger partial charge in [-0.05, 0) is 24.3 Å². The van der Waals surface area contributed by atoms with Gasteiger partial charge in [-0.2, -0.15) is 0 Å². The van der Waals surface area contributed by atoms with Crippen molar-refractivity contribution in [3.8, 4) is 0 Å². The molecule has 0 fully saturated rings. The van der Waals surface area contributed by atoms with Crippen LogP contribution in [0, 0.1) is 0 Å². The quantitative estimate of drug-likeness (QED) is 0.870. The van der Waals surface area contributed by atoms with Crippen LogP contribution >= 0.6 is 0 Å². The van der Waals surface area contributed by atoms with Crippen LogP contribution < -0.4 is 4.90 Å². The number of hydrogen-bond donors (Lipinski definition) is 1. The van der Waals surface area contributed by atoms with Crippen molar-refractivity contribution < 1.29 is 9.90 Å². The number of carboxylic acids is 1. The van der Waals surface area contributed by atoms with Crippen LogP contribution in [0.5, 0.6) is 0 Å². The van der Waals surface area contributed by atoms with Crippen LogP contribution in [0.3, 0.4) is 0 Å². The van der Waals surface area contributed by atoms with Crippen molar-refractivity contribution in [3.05, 3.63) is 65.5 Å². The predicted octanol–water partition coefficient (Wildman–Crippen LogP) is 2.98. The normalized spacial score (nSPS) is 16.1. The molecule has 0 unspecified atom stereocenters. The van der Waals surface area contributed by atoms with Crippen LogP contribution in [0.15, 0.2) is 60.0 Å². The Bertz CT molecular complexity index is 862. The first-order valence-corrected chi connectivity index (χ1v) is 6.71. The zero-order valence-electron chi connectivity index (χ0n) is 11.2. The number of pyridine rings is 1. The molecular formula is C17H12N2O2. The SMILES string of the molecule is O=C(O)C1=CC2=CC=Cc3c(ccc4cccnc34)N2C1. The maximum atomic E-state index is 11.2. The van der Waals surface area contributed by atoms with Crippen LogP contribution in [0.2, 0.25) is 0 Å². The third kappa shape index (κ3) is 1.76. The summed E-state index contributed by atoms with van der Waals surface area (Å²) in [6, 6.07) is 8.00. The first-order valence-electron chi connectivity index (χ1n) is 6.71. The lowest BCUT2D eigenvalue weighted by molar-refractivity contribution is -0.132. The molecule has 2 aromatic rings. The molecule has 21 heavy (non-hydrogen) atoms. The molecule has 0 spiro atoms. The van der Waals surface area contributed by atoms with Crippen molar-refractivity contribution in [2.45, 2.75) is 0 Å². The Hall–Kier alpha value is -2.88. The summed E-state index contributed by atoms with van der Waals surface area (Å²) in [6.45, 7) is 0.383. The number of nitrogens with zero attached hydrogens (tertiary/aromatic N) is 2. The van der Waals surface area contributed by atoms with E-state index in [2.05, 4.69) is 4.98 Å². The number of aliphatic carboxylic acids is 1. The number of benzene rings is 1. The number of fused-ring (bicyclic) bond motifs is 5. The summed E-state index contributed by atoms with van der Waals surface area (Å²) in [4.78, 5) is 17.7. The van der Waals surface area contributed by atoms with Crippen molar-refractivity contribution >= 4 is 28.6 Å². The predicted molar refractivity (Wildman–Crippen MR) is 81.9 cm³/mol. The van der Waals surface area contributed by atoms with Gasteiger partial charge in [-0.25, -0.2) is 4.79 Å². The standard InChI is InChI=1S/C17H12N2O2/c20-17(21)12-9-13-4-1-5-14-15(19(13)10-12)7-6-11-3-2-8-18-16(11)14/h1-9H,10H2,(H,20,21). The highest BCUT2D eigenvalue weighted by Crippen LogP contribution is 2.36. The molecule has 0 saturated heterocycles. The maximum absolute atomic E-state index is 11.2. The minimum absolute atomic E-state index is 0.383. The summed E-state index contributed by atoms with van der Waals surface area (Å²) in [7, 11) is 0. The van der Waals surface area contributed by atoms with Crippen LogP contribution in [-0.4, -0.2) is 22.6 Å². The number of allylic oxidation sites excluding steroid dienone is 3. The van der Waals surface area contributed by atoms with E-state index in [9.17, 15) is 9.90 Å². The molecule has 102 valence electrons. The lowest BCUT2D eigenvalue weighted by Crippen LogP contribution is -2.20. The van der Waals surface area contributed by atoms with Gasteiger partial charge in [0.2, 0.25) is 0 Å². The van der Waals surface area contributed by atoms with Crippen LogP contribution in [0.25, 0.3) is 17.0 Å². The second-order valence-corrected chi connectivity index (χ2v) is 5.09. The third-order valence-electron chi connectivity index (χ3n) is 3.85. The number of anilines is 1. The molecule has 0 atom stereocenters. The maximum Gasteiger partial charge on any atom is 0.333 e. The van der Waals surface area contributed by atoms with E-state index in [1.54, 1.807) is 12.3 Å². The third-order valence-corrected chi connectivity index (χ3v) is 3.85. The van der Waals surface area contributed by atoms with Crippen LogP contribution in [0.4, 0.5) is 5.69 Å². The molecule has 1 aromatic carbocycles. The molecule has 0 amide bonds. The Kier molecular flexibility index (Phi) is 2.44. The minimum Gasteiger partial charge on any atom is -0.478 e. The Labute approximate surface area is 121 Å². The molecule has 1 N–H and O–H groups in total. The molecule has 2 aliphatic rings. The summed E-state index contributed by atoms with van der Waals surface area (Å²) in [5.74, 6) is -0.867. The fourth-order valence-corrected chi connectivity index (χ4v) is 2.86. The highest BCUT2D eigenvalue weighted by atomic mass is 16.4. The Morgan fingerprint density at radius 1 is 1.29 bits per heavy atom. The lowest BCUT2D eigenvalue weighted by atomic mass is 10.1. The van der Waals surface area contributed by atoms with E-state index in [1.165, 1.54) is 0 Å². The number of aromatic nitrogens is 1. The zero-order chi connectivity index (χ0) is 14.4. The Morgan fingerprint density at radius 2 is 2.19 bits per heavy atom. The summed E-state index contributed by atoms with van der Waals surface area (Å²) in [5, 5.41) is 10.3. The van der Waals surface area contributed by atoms with Gasteiger partial charge in [-0.15, -0.1) is 0 Å². The van der Waals surface area contributed by atoms with Gasteiger partial charge in [0.25, 0.3) is 0 Å². The average Bonchev–Trinajstić information content (AvgIpc) is 2.84. The van der Waals surface area contributed by atoms with E-state index in [0.717, 1.165) is 27.9 Å². The van der Waals surface area contributed by atoms with Crippen molar-refractivity contribution in [2.75, 3.05) is 11.4 Å². The summed E-state index contributed by atoms with van der Waals surface area (Å²) in [6.07, 6.45) is 9.42. The molecule has 0 bridgehead atoms. The highest BCUT2D eigenvalue weighted by Gasteiger charge is 2.26. The Morgan fingerprint density at radius 3 is 3.05 bits per heavy atom. The fourth-order valence-electron chi connectivity index (χ4n) is 2.86. The van der Waals surface area contributed by atoms with Crippen molar-refractivity contribution in [1.29, 1.82) is 0 Å². The van der Waals surface area contributed by atoms with E-state index >= 15 is 0 Å². The second-order valence-electron chi connectivity index (χ2n) is 5.09. The molecule has 1 aromatic heterocycles. The van der Waals surface area contributed by atoms with E-state index < -0.39 is 5.97 Å². The van der Waals surface area contributed by atoms with E-state index in [1.807, 2.05) is 47.4 Å². The fraction of sp³-hybridized carbons (Fsp3) is 0.0588. The number of carbonyl (C=O) groups is 1. The van der Waals surface area contributed by atoms with Crippen molar-refractivity contribution in [1.82, 2.24) is 4.98 Å². The molecule has 0 saturated carbocycles. The topological polar surface area (TPSA) is 53.4 Å². The van der Waals surface area contributed by atoms with E-state index in [-0.39, 0.29) is 0 Å². The van der Waals surface area contributed by atoms with Gasteiger partial charge >= 0.3 is 5.97 Å². The van der Waals surface area contributed by atoms with Crippen molar-refractivity contribution in [3.63, 3.8) is 0 Å². The van der Waals surface area contributed by atoms with E-state index in [4.69, 9.17) is 0 Å². The van der Waals surface area contributed by atoms with Gasteiger partial charge in [-0.3, -0.25) is 4.98 Å². The first kappa shape index (κ1) is 11.9. The molecule has 0 radical (unpaired) electrons. The average molecular weight is 276 g/mol. The lowest BCUT2D eigenvalue weighted by Gasteiger charge is -2.22. The minimum atomic E-state index is -0.867. The van der Waals surface area contributed by atoms with Gasteiger partial charge in [0.1, 0.15) is 0 Å². The number of carboxylic acid groups (broad SMARTS) is 1. The van der Waals surface area contributed by atoms with Gasteiger partial charge in [0.15, 0.2) is 0 Å². The van der Waals surface area contributed by atoms with Crippen LogP contribution in [-0.2, 0) is 4.79 Å². The van der Waals surface area contributed by atoms with E-state index in [0.29, 0.717) is 12.1 Å². The first-order chi connectivity index (χ1) is 10.2. The molecule has 4 heteroatoms.